The molecule has 1 atom stereocenters. The topological polar surface area (TPSA) is 0 Å². The van der Waals surface area contributed by atoms with Crippen LogP contribution in [0.5, 0.6) is 0 Å². The Morgan fingerprint density at radius 2 is 2.00 bits per heavy atom. The quantitative estimate of drug-likeness (QED) is 0.611. The smallest absolute Gasteiger partial charge is 0.166 e. The first-order valence-electron chi connectivity index (χ1n) is 5.79. The van der Waals surface area contributed by atoms with Crippen LogP contribution in [0.4, 0.5) is 13.2 Å². The van der Waals surface area contributed by atoms with Gasteiger partial charge in [0, 0.05) is 0 Å². The van der Waals surface area contributed by atoms with E-state index in [0.717, 1.165) is 30.9 Å². The molecule has 0 fully saturated rings. The lowest BCUT2D eigenvalue weighted by Gasteiger charge is -2.21. The van der Waals surface area contributed by atoms with Gasteiger partial charge in [0.2, 0.25) is 0 Å². The molecule has 1 unspecified atom stereocenters. The van der Waals surface area contributed by atoms with E-state index in [0.29, 0.717) is 0 Å². The zero-order valence-corrected chi connectivity index (χ0v) is 9.72. The monoisotopic (exact) mass is 240 g/mol. The minimum atomic E-state index is -4.24. The van der Waals surface area contributed by atoms with Gasteiger partial charge >= 0.3 is 6.18 Å². The highest BCUT2D eigenvalue weighted by Crippen LogP contribution is 2.35. The third-order valence-electron chi connectivity index (χ3n) is 3.32. The lowest BCUT2D eigenvalue weighted by atomic mass is 9.84. The van der Waals surface area contributed by atoms with Gasteiger partial charge in [-0.25, -0.2) is 0 Å². The van der Waals surface area contributed by atoms with Crippen LogP contribution in [0.3, 0.4) is 0 Å². The molecule has 0 bridgehead atoms. The molecular weight excluding hydrogens is 225 g/mol. The standard InChI is InChI=1S/C14H15F3/c1-10-5-7-11(8-6-10)12-3-2-4-13(9-12)14(15,16)17/h2-5,9,11H,6-8H2,1H3. The summed E-state index contributed by atoms with van der Waals surface area (Å²) in [5.41, 5.74) is 1.61. The van der Waals surface area contributed by atoms with E-state index in [1.807, 2.05) is 0 Å². The molecule has 1 aromatic rings. The van der Waals surface area contributed by atoms with Gasteiger partial charge in [-0.2, -0.15) is 13.2 Å². The molecule has 17 heavy (non-hydrogen) atoms. The van der Waals surface area contributed by atoms with E-state index in [1.165, 1.54) is 17.7 Å². The predicted molar refractivity (Wildman–Crippen MR) is 61.8 cm³/mol. The Morgan fingerprint density at radius 1 is 1.24 bits per heavy atom. The first-order valence-corrected chi connectivity index (χ1v) is 5.79. The van der Waals surface area contributed by atoms with Crippen LogP contribution in [-0.2, 0) is 6.18 Å². The maximum Gasteiger partial charge on any atom is 0.416 e. The maximum absolute atomic E-state index is 12.6. The van der Waals surface area contributed by atoms with E-state index in [4.69, 9.17) is 0 Å². The van der Waals surface area contributed by atoms with Crippen LogP contribution in [0, 0.1) is 0 Å². The van der Waals surface area contributed by atoms with E-state index >= 15 is 0 Å². The summed E-state index contributed by atoms with van der Waals surface area (Å²) in [6.07, 6.45) is 0.683. The van der Waals surface area contributed by atoms with Crippen molar-refractivity contribution in [3.05, 3.63) is 47.0 Å². The summed E-state index contributed by atoms with van der Waals surface area (Å²) in [7, 11) is 0. The second-order valence-corrected chi connectivity index (χ2v) is 4.64. The number of rotatable bonds is 1. The lowest BCUT2D eigenvalue weighted by Crippen LogP contribution is -2.08. The van der Waals surface area contributed by atoms with Gasteiger partial charge in [0.25, 0.3) is 0 Å². The Morgan fingerprint density at radius 3 is 2.59 bits per heavy atom. The van der Waals surface area contributed by atoms with Crippen molar-refractivity contribution in [1.82, 2.24) is 0 Å². The molecule has 1 aliphatic rings. The number of alkyl halides is 3. The Hall–Kier alpha value is -1.25. The molecule has 1 aromatic carbocycles. The van der Waals surface area contributed by atoms with E-state index in [-0.39, 0.29) is 5.92 Å². The summed E-state index contributed by atoms with van der Waals surface area (Å²) in [5, 5.41) is 0. The SMILES string of the molecule is CC1=CCC(c2cccc(C(F)(F)F)c2)CC1. The lowest BCUT2D eigenvalue weighted by molar-refractivity contribution is -0.137. The fraction of sp³-hybridized carbons (Fsp3) is 0.429. The molecule has 0 nitrogen and oxygen atoms in total. The fourth-order valence-electron chi connectivity index (χ4n) is 2.24. The van der Waals surface area contributed by atoms with Crippen molar-refractivity contribution in [2.45, 2.75) is 38.3 Å². The number of allylic oxidation sites excluding steroid dienone is 2. The highest BCUT2D eigenvalue weighted by atomic mass is 19.4. The third kappa shape index (κ3) is 2.90. The van der Waals surface area contributed by atoms with Crippen molar-refractivity contribution in [1.29, 1.82) is 0 Å². The highest BCUT2D eigenvalue weighted by Gasteiger charge is 2.31. The Bertz CT molecular complexity index is 429. The van der Waals surface area contributed by atoms with Gasteiger partial charge < -0.3 is 0 Å². The van der Waals surface area contributed by atoms with Gasteiger partial charge in [0.1, 0.15) is 0 Å². The number of halogens is 3. The first kappa shape index (κ1) is 12.2. The molecule has 0 aromatic heterocycles. The van der Waals surface area contributed by atoms with Crippen molar-refractivity contribution >= 4 is 0 Å². The molecule has 1 aliphatic carbocycles. The van der Waals surface area contributed by atoms with Crippen LogP contribution in [0.2, 0.25) is 0 Å². The van der Waals surface area contributed by atoms with Crippen molar-refractivity contribution in [2.24, 2.45) is 0 Å². The summed E-state index contributed by atoms with van der Waals surface area (Å²) >= 11 is 0. The van der Waals surface area contributed by atoms with Crippen molar-refractivity contribution in [3.8, 4) is 0 Å². The molecule has 0 N–H and O–H groups in total. The van der Waals surface area contributed by atoms with Crippen molar-refractivity contribution in [3.63, 3.8) is 0 Å². The summed E-state index contributed by atoms with van der Waals surface area (Å²) in [6.45, 7) is 2.07. The fourth-order valence-corrected chi connectivity index (χ4v) is 2.24. The minimum Gasteiger partial charge on any atom is -0.166 e. The van der Waals surface area contributed by atoms with E-state index < -0.39 is 11.7 Å². The van der Waals surface area contributed by atoms with Crippen molar-refractivity contribution in [2.75, 3.05) is 0 Å². The van der Waals surface area contributed by atoms with Gasteiger partial charge in [-0.05, 0) is 43.7 Å². The van der Waals surface area contributed by atoms with Crippen LogP contribution >= 0.6 is 0 Å². The van der Waals surface area contributed by atoms with Crippen LogP contribution in [0.1, 0.15) is 43.2 Å². The van der Waals surface area contributed by atoms with Crippen LogP contribution in [0.15, 0.2) is 35.9 Å². The Balaban J connectivity index is 2.22. The zero-order valence-electron chi connectivity index (χ0n) is 9.72. The largest absolute Gasteiger partial charge is 0.416 e. The third-order valence-corrected chi connectivity index (χ3v) is 3.32. The predicted octanol–water partition coefficient (Wildman–Crippen LogP) is 4.92. The first-order chi connectivity index (χ1) is 7.97. The number of hydrogen-bond donors (Lipinski definition) is 0. The number of benzene rings is 1. The zero-order chi connectivity index (χ0) is 12.5. The average Bonchev–Trinajstić information content (AvgIpc) is 2.29. The average molecular weight is 240 g/mol. The molecule has 0 heterocycles. The van der Waals surface area contributed by atoms with Gasteiger partial charge in [0.15, 0.2) is 0 Å². The van der Waals surface area contributed by atoms with E-state index in [2.05, 4.69) is 13.0 Å². The van der Waals surface area contributed by atoms with Crippen LogP contribution in [0.25, 0.3) is 0 Å². The molecular formula is C14H15F3. The maximum atomic E-state index is 12.6. The minimum absolute atomic E-state index is 0.237. The molecule has 3 heteroatoms. The van der Waals surface area contributed by atoms with Gasteiger partial charge in [-0.1, -0.05) is 29.8 Å². The molecule has 92 valence electrons. The molecule has 2 rings (SSSR count). The summed E-state index contributed by atoms with van der Waals surface area (Å²) in [6, 6.07) is 5.73. The van der Waals surface area contributed by atoms with Crippen molar-refractivity contribution < 1.29 is 13.2 Å². The van der Waals surface area contributed by atoms with Crippen LogP contribution < -0.4 is 0 Å². The van der Waals surface area contributed by atoms with Crippen LogP contribution in [-0.4, -0.2) is 0 Å². The van der Waals surface area contributed by atoms with Gasteiger partial charge in [0.05, 0.1) is 5.56 Å². The Labute approximate surface area is 99.2 Å². The van der Waals surface area contributed by atoms with E-state index in [9.17, 15) is 13.2 Å². The second kappa shape index (κ2) is 4.55. The summed E-state index contributed by atoms with van der Waals surface area (Å²) < 4.78 is 37.8. The highest BCUT2D eigenvalue weighted by molar-refractivity contribution is 5.29. The Kier molecular flexibility index (Phi) is 3.27. The second-order valence-electron chi connectivity index (χ2n) is 4.64. The molecule has 0 saturated heterocycles. The molecule has 0 radical (unpaired) electrons. The van der Waals surface area contributed by atoms with E-state index in [1.54, 1.807) is 6.07 Å². The van der Waals surface area contributed by atoms with Gasteiger partial charge in [-0.15, -0.1) is 0 Å². The molecule has 0 spiro atoms. The number of hydrogen-bond acceptors (Lipinski definition) is 0. The summed E-state index contributed by atoms with van der Waals surface area (Å²) in [5.74, 6) is 0.237. The molecule has 0 amide bonds. The summed E-state index contributed by atoms with van der Waals surface area (Å²) in [4.78, 5) is 0. The molecule has 0 aliphatic heterocycles. The normalized spacial score (nSPS) is 21.2. The molecule has 0 saturated carbocycles. The van der Waals surface area contributed by atoms with Gasteiger partial charge in [-0.3, -0.25) is 0 Å².